The van der Waals surface area contributed by atoms with Gasteiger partial charge in [0.15, 0.2) is 5.76 Å². The first kappa shape index (κ1) is 8.91. The summed E-state index contributed by atoms with van der Waals surface area (Å²) in [5.41, 5.74) is 0.190. The minimum absolute atomic E-state index is 0.190. The van der Waals surface area contributed by atoms with Gasteiger partial charge in [0, 0.05) is 13.1 Å². The number of fused-ring (bicyclic) bond motifs is 1. The molecule has 0 spiro atoms. The lowest BCUT2D eigenvalue weighted by Gasteiger charge is -2.15. The van der Waals surface area contributed by atoms with Crippen LogP contribution < -0.4 is 0 Å². The third-order valence-electron chi connectivity index (χ3n) is 3.30. The van der Waals surface area contributed by atoms with E-state index in [2.05, 4.69) is 10.1 Å². The molecule has 1 N–H and O–H groups in total. The highest BCUT2D eigenvalue weighted by molar-refractivity contribution is 5.88. The summed E-state index contributed by atoms with van der Waals surface area (Å²) in [4.78, 5) is 13.1. The largest absolute Gasteiger partial charge is 0.478 e. The van der Waals surface area contributed by atoms with Crippen LogP contribution in [0.4, 0.5) is 0 Å². The highest BCUT2D eigenvalue weighted by Crippen LogP contribution is 2.45. The Morgan fingerprint density at radius 3 is 3.00 bits per heavy atom. The number of carboxylic acid groups (broad SMARTS) is 1. The van der Waals surface area contributed by atoms with E-state index in [4.69, 9.17) is 9.63 Å². The minimum atomic E-state index is -0.962. The van der Waals surface area contributed by atoms with Gasteiger partial charge in [-0.15, -0.1) is 0 Å². The molecule has 1 saturated carbocycles. The fourth-order valence-electron chi connectivity index (χ4n) is 2.38. The molecule has 2 heterocycles. The van der Waals surface area contributed by atoms with Crippen LogP contribution in [0.2, 0.25) is 0 Å². The monoisotopic (exact) mass is 208 g/mol. The van der Waals surface area contributed by atoms with Crippen molar-refractivity contribution in [2.45, 2.75) is 13.0 Å². The molecule has 15 heavy (non-hydrogen) atoms. The van der Waals surface area contributed by atoms with Crippen LogP contribution in [0, 0.1) is 11.8 Å². The predicted molar refractivity (Wildman–Crippen MR) is 50.3 cm³/mol. The summed E-state index contributed by atoms with van der Waals surface area (Å²) >= 11 is 0. The Bertz CT molecular complexity index is 391. The molecule has 5 nitrogen and oxygen atoms in total. The second-order valence-corrected chi connectivity index (χ2v) is 4.42. The van der Waals surface area contributed by atoms with E-state index in [0.29, 0.717) is 12.3 Å². The molecule has 0 amide bonds. The lowest BCUT2D eigenvalue weighted by Crippen LogP contribution is -2.22. The molecule has 0 aromatic carbocycles. The number of piperidine rings is 1. The first-order valence-electron chi connectivity index (χ1n) is 5.13. The van der Waals surface area contributed by atoms with E-state index in [1.807, 2.05) is 0 Å². The van der Waals surface area contributed by atoms with Crippen LogP contribution in [0.3, 0.4) is 0 Å². The maximum atomic E-state index is 10.8. The number of nitrogens with zero attached hydrogens (tertiary/aromatic N) is 2. The molecule has 1 aromatic rings. The van der Waals surface area contributed by atoms with Crippen molar-refractivity contribution >= 4 is 5.97 Å². The van der Waals surface area contributed by atoms with Crippen molar-refractivity contribution in [1.82, 2.24) is 10.1 Å². The third kappa shape index (κ3) is 1.52. The fraction of sp³-hybridized carbons (Fsp3) is 0.600. The maximum Gasteiger partial charge on any atom is 0.341 e. The topological polar surface area (TPSA) is 66.6 Å². The number of hydrogen-bond acceptors (Lipinski definition) is 4. The Hall–Kier alpha value is -1.36. The zero-order valence-corrected chi connectivity index (χ0v) is 8.22. The molecule has 2 atom stereocenters. The van der Waals surface area contributed by atoms with Crippen LogP contribution >= 0.6 is 0 Å². The Morgan fingerprint density at radius 1 is 1.60 bits per heavy atom. The van der Waals surface area contributed by atoms with Gasteiger partial charge in [0.05, 0.1) is 12.7 Å². The van der Waals surface area contributed by atoms with Gasteiger partial charge in [-0.05, 0) is 18.3 Å². The van der Waals surface area contributed by atoms with E-state index in [1.165, 1.54) is 12.6 Å². The summed E-state index contributed by atoms with van der Waals surface area (Å²) < 4.78 is 4.97. The zero-order chi connectivity index (χ0) is 10.4. The first-order valence-corrected chi connectivity index (χ1v) is 5.13. The summed E-state index contributed by atoms with van der Waals surface area (Å²) in [6.07, 6.45) is 2.62. The van der Waals surface area contributed by atoms with E-state index in [1.54, 1.807) is 0 Å². The lowest BCUT2D eigenvalue weighted by atomic mass is 10.2. The molecule has 1 aliphatic heterocycles. The second-order valence-electron chi connectivity index (χ2n) is 4.42. The maximum absolute atomic E-state index is 10.8. The van der Waals surface area contributed by atoms with Gasteiger partial charge in [-0.25, -0.2) is 4.79 Å². The van der Waals surface area contributed by atoms with E-state index < -0.39 is 5.97 Å². The smallest absolute Gasteiger partial charge is 0.341 e. The van der Waals surface area contributed by atoms with E-state index >= 15 is 0 Å². The summed E-state index contributed by atoms with van der Waals surface area (Å²) in [5.74, 6) is 1.21. The SMILES string of the molecule is O=C(O)c1cnoc1CN1CC2CC2C1. The summed E-state index contributed by atoms with van der Waals surface area (Å²) in [7, 11) is 0. The summed E-state index contributed by atoms with van der Waals surface area (Å²) in [6, 6.07) is 0. The van der Waals surface area contributed by atoms with Gasteiger partial charge in [-0.2, -0.15) is 0 Å². The highest BCUT2D eigenvalue weighted by Gasteiger charge is 2.45. The van der Waals surface area contributed by atoms with Gasteiger partial charge in [0.2, 0.25) is 0 Å². The van der Waals surface area contributed by atoms with E-state index in [9.17, 15) is 4.79 Å². The standard InChI is InChI=1S/C10H12N2O3/c13-10(14)8-2-11-15-9(8)5-12-3-6-1-7(6)4-12/h2,6-7H,1,3-5H2,(H,13,14). The summed E-state index contributed by atoms with van der Waals surface area (Å²) in [6.45, 7) is 2.73. The molecule has 5 heteroatoms. The second kappa shape index (κ2) is 3.06. The Morgan fingerprint density at radius 2 is 2.33 bits per heavy atom. The van der Waals surface area contributed by atoms with Gasteiger partial charge < -0.3 is 9.63 Å². The molecule has 1 aliphatic carbocycles. The van der Waals surface area contributed by atoms with Gasteiger partial charge in [-0.1, -0.05) is 5.16 Å². The van der Waals surface area contributed by atoms with E-state index in [0.717, 1.165) is 24.9 Å². The minimum Gasteiger partial charge on any atom is -0.478 e. The van der Waals surface area contributed by atoms with E-state index in [-0.39, 0.29) is 5.56 Å². The van der Waals surface area contributed by atoms with Crippen molar-refractivity contribution in [3.63, 3.8) is 0 Å². The number of carboxylic acids is 1. The van der Waals surface area contributed by atoms with Gasteiger partial charge in [-0.3, -0.25) is 4.90 Å². The number of hydrogen-bond donors (Lipinski definition) is 1. The number of carbonyl (C=O) groups is 1. The van der Waals surface area contributed by atoms with Crippen molar-refractivity contribution in [1.29, 1.82) is 0 Å². The Labute approximate surface area is 86.7 Å². The molecule has 1 saturated heterocycles. The number of rotatable bonds is 3. The number of aromatic nitrogens is 1. The average molecular weight is 208 g/mol. The van der Waals surface area contributed by atoms with Gasteiger partial charge >= 0.3 is 5.97 Å². The Balaban J connectivity index is 1.70. The average Bonchev–Trinajstić information content (AvgIpc) is 2.65. The third-order valence-corrected chi connectivity index (χ3v) is 3.30. The van der Waals surface area contributed by atoms with Crippen molar-refractivity contribution in [2.24, 2.45) is 11.8 Å². The molecular formula is C10H12N2O3. The van der Waals surface area contributed by atoms with Crippen LogP contribution in [0.1, 0.15) is 22.5 Å². The number of likely N-dealkylation sites (tertiary alicyclic amines) is 1. The van der Waals surface area contributed by atoms with Crippen LogP contribution in [-0.2, 0) is 6.54 Å². The first-order chi connectivity index (χ1) is 7.24. The highest BCUT2D eigenvalue weighted by atomic mass is 16.5. The molecule has 2 unspecified atom stereocenters. The van der Waals surface area contributed by atoms with Crippen LogP contribution in [0.15, 0.2) is 10.7 Å². The molecule has 2 fully saturated rings. The van der Waals surface area contributed by atoms with Gasteiger partial charge in [0.1, 0.15) is 5.56 Å². The Kier molecular flexibility index (Phi) is 1.82. The molecule has 0 bridgehead atoms. The predicted octanol–water partition coefficient (Wildman–Crippen LogP) is 0.825. The molecule has 0 radical (unpaired) electrons. The normalized spacial score (nSPS) is 29.1. The van der Waals surface area contributed by atoms with Crippen LogP contribution in [0.25, 0.3) is 0 Å². The van der Waals surface area contributed by atoms with Crippen LogP contribution in [0.5, 0.6) is 0 Å². The quantitative estimate of drug-likeness (QED) is 0.796. The van der Waals surface area contributed by atoms with Crippen molar-refractivity contribution in [2.75, 3.05) is 13.1 Å². The van der Waals surface area contributed by atoms with Crippen LogP contribution in [-0.4, -0.2) is 34.2 Å². The molecular weight excluding hydrogens is 196 g/mol. The zero-order valence-electron chi connectivity index (χ0n) is 8.22. The van der Waals surface area contributed by atoms with Gasteiger partial charge in [0.25, 0.3) is 0 Å². The van der Waals surface area contributed by atoms with Crippen molar-refractivity contribution in [3.05, 3.63) is 17.5 Å². The molecule has 2 aliphatic rings. The molecule has 1 aromatic heterocycles. The van der Waals surface area contributed by atoms with Crippen molar-refractivity contribution < 1.29 is 14.4 Å². The molecule has 80 valence electrons. The lowest BCUT2D eigenvalue weighted by molar-refractivity contribution is 0.0692. The van der Waals surface area contributed by atoms with Crippen molar-refractivity contribution in [3.8, 4) is 0 Å². The summed E-state index contributed by atoms with van der Waals surface area (Å²) in [5, 5.41) is 12.4. The fourth-order valence-corrected chi connectivity index (χ4v) is 2.38. The molecule has 3 rings (SSSR count). The number of aromatic carboxylic acids is 1.